The molecule has 5 nitrogen and oxygen atoms in total. The highest BCUT2D eigenvalue weighted by atomic mass is 16.6. The van der Waals surface area contributed by atoms with Crippen molar-refractivity contribution in [2.75, 3.05) is 20.3 Å². The van der Waals surface area contributed by atoms with Gasteiger partial charge in [0.15, 0.2) is 11.5 Å². The molecule has 20 heavy (non-hydrogen) atoms. The summed E-state index contributed by atoms with van der Waals surface area (Å²) in [5.74, 6) is 1.89. The van der Waals surface area contributed by atoms with E-state index in [2.05, 4.69) is 0 Å². The number of Topliss-reactive ketones (excluding diaryl/α,β-unsaturated/α-hetero) is 1. The van der Waals surface area contributed by atoms with E-state index >= 15 is 0 Å². The predicted molar refractivity (Wildman–Crippen MR) is 71.4 cm³/mol. The zero-order valence-corrected chi connectivity index (χ0v) is 11.5. The van der Waals surface area contributed by atoms with Crippen molar-refractivity contribution >= 4 is 5.78 Å². The number of hydrogen-bond acceptors (Lipinski definition) is 5. The van der Waals surface area contributed by atoms with Crippen LogP contribution in [0.25, 0.3) is 0 Å². The van der Waals surface area contributed by atoms with Crippen LogP contribution >= 0.6 is 0 Å². The van der Waals surface area contributed by atoms with Crippen molar-refractivity contribution < 1.29 is 24.1 Å². The van der Waals surface area contributed by atoms with Gasteiger partial charge in [-0.3, -0.25) is 4.79 Å². The first-order valence-corrected chi connectivity index (χ1v) is 6.85. The Morgan fingerprint density at radius 3 is 2.45 bits per heavy atom. The minimum absolute atomic E-state index is 0.203. The molecular formula is C15H18O5. The van der Waals surface area contributed by atoms with Crippen molar-refractivity contribution in [3.05, 3.63) is 17.7 Å². The third-order valence-corrected chi connectivity index (χ3v) is 4.01. The van der Waals surface area contributed by atoms with Crippen molar-refractivity contribution in [3.63, 3.8) is 0 Å². The highest BCUT2D eigenvalue weighted by molar-refractivity contribution is 5.79. The molecule has 0 atom stereocenters. The van der Waals surface area contributed by atoms with Gasteiger partial charge in [-0.2, -0.15) is 0 Å². The first kappa shape index (κ1) is 13.2. The van der Waals surface area contributed by atoms with Gasteiger partial charge in [-0.25, -0.2) is 0 Å². The van der Waals surface area contributed by atoms with Crippen molar-refractivity contribution in [2.24, 2.45) is 0 Å². The molecule has 0 amide bonds. The summed E-state index contributed by atoms with van der Waals surface area (Å²) in [4.78, 5) is 11.4. The average Bonchev–Trinajstić information content (AvgIpc) is 2.49. The van der Waals surface area contributed by atoms with Crippen LogP contribution in [0.4, 0.5) is 0 Å². The van der Waals surface area contributed by atoms with Crippen LogP contribution in [0.5, 0.6) is 17.2 Å². The minimum atomic E-state index is -1.02. The van der Waals surface area contributed by atoms with Gasteiger partial charge in [-0.15, -0.1) is 0 Å². The molecule has 1 aromatic rings. The lowest BCUT2D eigenvalue weighted by atomic mass is 9.78. The maximum absolute atomic E-state index is 11.4. The molecule has 1 fully saturated rings. The second-order valence-corrected chi connectivity index (χ2v) is 5.24. The third-order valence-electron chi connectivity index (χ3n) is 4.01. The van der Waals surface area contributed by atoms with Gasteiger partial charge in [0, 0.05) is 18.4 Å². The number of ketones is 1. The van der Waals surface area contributed by atoms with Gasteiger partial charge in [-0.05, 0) is 25.0 Å². The Hall–Kier alpha value is -1.75. The Labute approximate surface area is 117 Å². The molecular weight excluding hydrogens is 260 g/mol. The lowest BCUT2D eigenvalue weighted by Gasteiger charge is -2.35. The van der Waals surface area contributed by atoms with E-state index in [4.69, 9.17) is 14.2 Å². The zero-order valence-electron chi connectivity index (χ0n) is 11.5. The number of fused-ring (bicyclic) bond motifs is 1. The molecule has 2 aliphatic rings. The highest BCUT2D eigenvalue weighted by Gasteiger charge is 2.38. The first-order valence-electron chi connectivity index (χ1n) is 6.85. The van der Waals surface area contributed by atoms with Crippen molar-refractivity contribution in [1.82, 2.24) is 0 Å². The monoisotopic (exact) mass is 278 g/mol. The summed E-state index contributed by atoms with van der Waals surface area (Å²) >= 11 is 0. The average molecular weight is 278 g/mol. The molecule has 1 saturated carbocycles. The number of benzene rings is 1. The Kier molecular flexibility index (Phi) is 3.30. The number of hydrogen-bond donors (Lipinski definition) is 1. The second-order valence-electron chi connectivity index (χ2n) is 5.24. The number of rotatable bonds is 2. The SMILES string of the molecule is COc1ccc(C2(O)CCC(=O)CC2)c2c1OCCO2. The van der Waals surface area contributed by atoms with Crippen LogP contribution in [-0.2, 0) is 10.4 Å². The van der Waals surface area contributed by atoms with Crippen molar-refractivity contribution in [2.45, 2.75) is 31.3 Å². The van der Waals surface area contributed by atoms with Crippen molar-refractivity contribution in [1.29, 1.82) is 0 Å². The fourth-order valence-electron chi connectivity index (χ4n) is 2.85. The predicted octanol–water partition coefficient (Wildman–Crippen LogP) is 1.80. The molecule has 0 spiro atoms. The van der Waals surface area contributed by atoms with Crippen LogP contribution in [-0.4, -0.2) is 31.2 Å². The number of methoxy groups -OCH3 is 1. The van der Waals surface area contributed by atoms with Gasteiger partial charge in [0.2, 0.25) is 5.75 Å². The maximum atomic E-state index is 11.4. The molecule has 0 radical (unpaired) electrons. The lowest BCUT2D eigenvalue weighted by molar-refractivity contribution is -0.125. The summed E-state index contributed by atoms with van der Waals surface area (Å²) in [5, 5.41) is 10.9. The van der Waals surface area contributed by atoms with Crippen LogP contribution in [0.1, 0.15) is 31.2 Å². The van der Waals surface area contributed by atoms with E-state index in [1.807, 2.05) is 6.07 Å². The van der Waals surface area contributed by atoms with E-state index in [0.29, 0.717) is 61.7 Å². The van der Waals surface area contributed by atoms with E-state index in [1.165, 1.54) is 0 Å². The van der Waals surface area contributed by atoms with Crippen LogP contribution in [0.3, 0.4) is 0 Å². The van der Waals surface area contributed by atoms with Gasteiger partial charge < -0.3 is 19.3 Å². The van der Waals surface area contributed by atoms with Gasteiger partial charge in [0.1, 0.15) is 19.0 Å². The molecule has 1 N–H and O–H groups in total. The summed E-state index contributed by atoms with van der Waals surface area (Å²) in [6.07, 6.45) is 1.65. The quantitative estimate of drug-likeness (QED) is 0.893. The fourth-order valence-corrected chi connectivity index (χ4v) is 2.85. The van der Waals surface area contributed by atoms with Gasteiger partial charge in [0.05, 0.1) is 12.7 Å². The van der Waals surface area contributed by atoms with Crippen molar-refractivity contribution in [3.8, 4) is 17.2 Å². The second kappa shape index (κ2) is 4.98. The Morgan fingerprint density at radius 2 is 1.80 bits per heavy atom. The molecule has 5 heteroatoms. The summed E-state index contributed by atoms with van der Waals surface area (Å²) in [5.41, 5.74) is -0.328. The maximum Gasteiger partial charge on any atom is 0.204 e. The van der Waals surface area contributed by atoms with E-state index in [-0.39, 0.29) is 5.78 Å². The smallest absolute Gasteiger partial charge is 0.204 e. The fraction of sp³-hybridized carbons (Fsp3) is 0.533. The minimum Gasteiger partial charge on any atom is -0.493 e. The number of carbonyl (C=O) groups excluding carboxylic acids is 1. The van der Waals surface area contributed by atoms with E-state index in [0.717, 1.165) is 0 Å². The molecule has 3 rings (SSSR count). The summed E-state index contributed by atoms with van der Waals surface area (Å²) in [6, 6.07) is 3.58. The van der Waals surface area contributed by atoms with Crippen LogP contribution < -0.4 is 14.2 Å². The summed E-state index contributed by atoms with van der Waals surface area (Å²) in [7, 11) is 1.57. The molecule has 1 aliphatic carbocycles. The molecule has 0 unspecified atom stereocenters. The van der Waals surface area contributed by atoms with Gasteiger partial charge >= 0.3 is 0 Å². The third kappa shape index (κ3) is 2.12. The number of carbonyl (C=O) groups is 1. The van der Waals surface area contributed by atoms with Gasteiger partial charge in [0.25, 0.3) is 0 Å². The standard InChI is InChI=1S/C15H18O5/c1-18-12-3-2-11(13-14(12)20-9-8-19-13)15(17)6-4-10(16)5-7-15/h2-3,17H,4-9H2,1H3. The van der Waals surface area contributed by atoms with E-state index in [1.54, 1.807) is 13.2 Å². The molecule has 108 valence electrons. The van der Waals surface area contributed by atoms with Crippen LogP contribution in [0, 0.1) is 0 Å². The normalized spacial score (nSPS) is 20.6. The summed E-state index contributed by atoms with van der Waals surface area (Å²) < 4.78 is 16.6. The zero-order chi connectivity index (χ0) is 14.2. The number of ether oxygens (including phenoxy) is 3. The topological polar surface area (TPSA) is 65.0 Å². The molecule has 0 saturated heterocycles. The first-order chi connectivity index (χ1) is 9.64. The molecule has 1 aromatic carbocycles. The summed E-state index contributed by atoms with van der Waals surface area (Å²) in [6.45, 7) is 0.909. The van der Waals surface area contributed by atoms with E-state index < -0.39 is 5.60 Å². The molecule has 0 bridgehead atoms. The molecule has 0 aromatic heterocycles. The largest absolute Gasteiger partial charge is 0.493 e. The molecule has 1 aliphatic heterocycles. The van der Waals surface area contributed by atoms with Crippen LogP contribution in [0.2, 0.25) is 0 Å². The lowest BCUT2D eigenvalue weighted by Crippen LogP contribution is -2.33. The highest BCUT2D eigenvalue weighted by Crippen LogP contribution is 2.48. The Bertz CT molecular complexity index is 527. The van der Waals surface area contributed by atoms with E-state index in [9.17, 15) is 9.90 Å². The Balaban J connectivity index is 2.03. The number of aliphatic hydroxyl groups is 1. The van der Waals surface area contributed by atoms with Gasteiger partial charge in [-0.1, -0.05) is 0 Å². The molecule has 1 heterocycles. The Morgan fingerprint density at radius 1 is 1.15 bits per heavy atom. The van der Waals surface area contributed by atoms with Crippen LogP contribution in [0.15, 0.2) is 12.1 Å².